The Kier molecular flexibility index (Phi) is 3.85. The third kappa shape index (κ3) is 2.92. The number of hydrogen-bond acceptors (Lipinski definition) is 3. The third-order valence-electron chi connectivity index (χ3n) is 4.25. The number of rotatable bonds is 3. The van der Waals surface area contributed by atoms with Gasteiger partial charge in [-0.3, -0.25) is 4.90 Å². The maximum Gasteiger partial charge on any atom is 0.0991 e. The number of nitrogens with two attached hydrogens (primary N) is 1. The summed E-state index contributed by atoms with van der Waals surface area (Å²) in [6.07, 6.45) is 6.78. The van der Waals surface area contributed by atoms with Crippen molar-refractivity contribution in [1.29, 1.82) is 0 Å². The molecule has 0 spiro atoms. The minimum Gasteiger partial charge on any atom is -0.326 e. The predicted molar refractivity (Wildman–Crippen MR) is 80.6 cm³/mol. The molecule has 4 nitrogen and oxygen atoms in total. The van der Waals surface area contributed by atoms with E-state index in [9.17, 15) is 0 Å². The molecule has 20 heavy (non-hydrogen) atoms. The van der Waals surface area contributed by atoms with Crippen molar-refractivity contribution in [3.05, 3.63) is 48.5 Å². The first-order valence-electron chi connectivity index (χ1n) is 7.27. The molecule has 1 saturated heterocycles. The summed E-state index contributed by atoms with van der Waals surface area (Å²) in [5.41, 5.74) is 8.65. The first-order chi connectivity index (χ1) is 9.72. The number of benzene rings is 1. The first kappa shape index (κ1) is 13.3. The van der Waals surface area contributed by atoms with Gasteiger partial charge in [-0.25, -0.2) is 4.98 Å². The summed E-state index contributed by atoms with van der Waals surface area (Å²) >= 11 is 0. The van der Waals surface area contributed by atoms with Crippen LogP contribution in [0, 0.1) is 5.92 Å². The SMILES string of the molecule is CC1CCN(Cc2ccc(-n3ccnc3)cc2)CC1N. The summed E-state index contributed by atoms with van der Waals surface area (Å²) < 4.78 is 2.02. The Hall–Kier alpha value is -1.65. The number of nitrogens with zero attached hydrogens (tertiary/aromatic N) is 3. The van der Waals surface area contributed by atoms with Crippen molar-refractivity contribution < 1.29 is 0 Å². The molecule has 0 amide bonds. The van der Waals surface area contributed by atoms with Gasteiger partial charge in [0.2, 0.25) is 0 Å². The highest BCUT2D eigenvalue weighted by atomic mass is 15.1. The van der Waals surface area contributed by atoms with E-state index < -0.39 is 0 Å². The Bertz CT molecular complexity index is 532. The second kappa shape index (κ2) is 5.77. The van der Waals surface area contributed by atoms with Crippen LogP contribution in [0.4, 0.5) is 0 Å². The molecule has 1 aliphatic rings. The molecule has 2 N–H and O–H groups in total. The lowest BCUT2D eigenvalue weighted by molar-refractivity contribution is 0.162. The molecule has 0 radical (unpaired) electrons. The fraction of sp³-hybridized carbons (Fsp3) is 0.438. The van der Waals surface area contributed by atoms with Crippen LogP contribution in [0.2, 0.25) is 0 Å². The lowest BCUT2D eigenvalue weighted by Crippen LogP contribution is -2.47. The normalized spacial score (nSPS) is 23.9. The van der Waals surface area contributed by atoms with Crippen LogP contribution in [0.1, 0.15) is 18.9 Å². The van der Waals surface area contributed by atoms with E-state index in [0.29, 0.717) is 12.0 Å². The molecule has 0 saturated carbocycles. The third-order valence-corrected chi connectivity index (χ3v) is 4.25. The van der Waals surface area contributed by atoms with Gasteiger partial charge in [0, 0.05) is 37.2 Å². The minimum absolute atomic E-state index is 0.314. The summed E-state index contributed by atoms with van der Waals surface area (Å²) in [5.74, 6) is 0.648. The van der Waals surface area contributed by atoms with Gasteiger partial charge >= 0.3 is 0 Å². The highest BCUT2D eigenvalue weighted by Gasteiger charge is 2.22. The van der Waals surface area contributed by atoms with Crippen molar-refractivity contribution in [3.8, 4) is 5.69 Å². The van der Waals surface area contributed by atoms with Crippen LogP contribution in [0.25, 0.3) is 5.69 Å². The van der Waals surface area contributed by atoms with Gasteiger partial charge in [0.1, 0.15) is 0 Å². The molecule has 3 rings (SSSR count). The Morgan fingerprint density at radius 2 is 2.10 bits per heavy atom. The zero-order valence-corrected chi connectivity index (χ0v) is 11.9. The van der Waals surface area contributed by atoms with Gasteiger partial charge in [-0.15, -0.1) is 0 Å². The molecule has 1 aromatic heterocycles. The molecule has 1 aromatic carbocycles. The largest absolute Gasteiger partial charge is 0.326 e. The molecule has 2 unspecified atom stereocenters. The quantitative estimate of drug-likeness (QED) is 0.928. The maximum absolute atomic E-state index is 6.16. The number of aromatic nitrogens is 2. The van der Waals surface area contributed by atoms with Crippen molar-refractivity contribution in [1.82, 2.24) is 14.5 Å². The van der Waals surface area contributed by atoms with E-state index in [1.807, 2.05) is 17.1 Å². The van der Waals surface area contributed by atoms with Gasteiger partial charge in [0.05, 0.1) is 6.33 Å². The van der Waals surface area contributed by atoms with Crippen molar-refractivity contribution in [2.75, 3.05) is 13.1 Å². The van der Waals surface area contributed by atoms with E-state index >= 15 is 0 Å². The molecule has 1 aliphatic heterocycles. The average Bonchev–Trinajstić information content (AvgIpc) is 2.98. The lowest BCUT2D eigenvalue weighted by atomic mass is 9.94. The van der Waals surface area contributed by atoms with E-state index in [1.54, 1.807) is 6.20 Å². The van der Waals surface area contributed by atoms with Crippen LogP contribution in [0.5, 0.6) is 0 Å². The molecule has 1 fully saturated rings. The van der Waals surface area contributed by atoms with E-state index in [-0.39, 0.29) is 0 Å². The molecule has 0 bridgehead atoms. The summed E-state index contributed by atoms with van der Waals surface area (Å²) in [7, 11) is 0. The molecule has 4 heteroatoms. The molecule has 2 atom stereocenters. The highest BCUT2D eigenvalue weighted by Crippen LogP contribution is 2.18. The van der Waals surface area contributed by atoms with Crippen molar-refractivity contribution in [2.24, 2.45) is 11.7 Å². The van der Waals surface area contributed by atoms with Gasteiger partial charge in [-0.1, -0.05) is 19.1 Å². The van der Waals surface area contributed by atoms with Crippen LogP contribution in [0.3, 0.4) is 0 Å². The predicted octanol–water partition coefficient (Wildman–Crippen LogP) is 2.04. The number of piperidine rings is 1. The minimum atomic E-state index is 0.314. The topological polar surface area (TPSA) is 47.1 Å². The highest BCUT2D eigenvalue weighted by molar-refractivity contribution is 5.34. The van der Waals surface area contributed by atoms with E-state index in [1.165, 1.54) is 12.0 Å². The summed E-state index contributed by atoms with van der Waals surface area (Å²) in [5, 5.41) is 0. The number of hydrogen-bond donors (Lipinski definition) is 1. The van der Waals surface area contributed by atoms with Crippen molar-refractivity contribution in [2.45, 2.75) is 25.9 Å². The van der Waals surface area contributed by atoms with Crippen molar-refractivity contribution in [3.63, 3.8) is 0 Å². The molecular weight excluding hydrogens is 248 g/mol. The fourth-order valence-electron chi connectivity index (χ4n) is 2.76. The Labute approximate surface area is 120 Å². The van der Waals surface area contributed by atoms with Crippen LogP contribution >= 0.6 is 0 Å². The van der Waals surface area contributed by atoms with Gasteiger partial charge in [0.15, 0.2) is 0 Å². The van der Waals surface area contributed by atoms with Crippen molar-refractivity contribution >= 4 is 0 Å². The maximum atomic E-state index is 6.16. The zero-order valence-electron chi connectivity index (χ0n) is 11.9. The second-order valence-corrected chi connectivity index (χ2v) is 5.80. The standard InChI is InChI=1S/C16H22N4/c1-13-6-8-19(11-16(13)17)10-14-2-4-15(5-3-14)20-9-7-18-12-20/h2-5,7,9,12-13,16H,6,8,10-11,17H2,1H3. The van der Waals surface area contributed by atoms with Gasteiger partial charge in [-0.2, -0.15) is 0 Å². The fourth-order valence-corrected chi connectivity index (χ4v) is 2.76. The van der Waals surface area contributed by atoms with Gasteiger partial charge < -0.3 is 10.3 Å². The molecule has 2 aromatic rings. The van der Waals surface area contributed by atoms with Gasteiger partial charge in [0.25, 0.3) is 0 Å². The molecule has 2 heterocycles. The monoisotopic (exact) mass is 270 g/mol. The van der Waals surface area contributed by atoms with E-state index in [2.05, 4.69) is 41.1 Å². The van der Waals surface area contributed by atoms with E-state index in [0.717, 1.165) is 25.3 Å². The van der Waals surface area contributed by atoms with Gasteiger partial charge in [-0.05, 0) is 36.6 Å². The Morgan fingerprint density at radius 3 is 2.75 bits per heavy atom. The summed E-state index contributed by atoms with van der Waals surface area (Å²) in [6, 6.07) is 8.99. The summed E-state index contributed by atoms with van der Waals surface area (Å²) in [6.45, 7) is 5.40. The smallest absolute Gasteiger partial charge is 0.0991 e. The zero-order chi connectivity index (χ0) is 13.9. The summed E-state index contributed by atoms with van der Waals surface area (Å²) in [4.78, 5) is 6.53. The van der Waals surface area contributed by atoms with E-state index in [4.69, 9.17) is 5.73 Å². The average molecular weight is 270 g/mol. The Balaban J connectivity index is 1.64. The number of likely N-dealkylation sites (tertiary alicyclic amines) is 1. The van der Waals surface area contributed by atoms with Crippen LogP contribution < -0.4 is 5.73 Å². The van der Waals surface area contributed by atoms with Crippen LogP contribution in [0.15, 0.2) is 43.0 Å². The lowest BCUT2D eigenvalue weighted by Gasteiger charge is -2.35. The molecule has 106 valence electrons. The second-order valence-electron chi connectivity index (χ2n) is 5.80. The first-order valence-corrected chi connectivity index (χ1v) is 7.27. The van der Waals surface area contributed by atoms with Crippen LogP contribution in [-0.2, 0) is 6.54 Å². The number of imidazole rings is 1. The molecule has 0 aliphatic carbocycles. The van der Waals surface area contributed by atoms with Crippen LogP contribution in [-0.4, -0.2) is 33.6 Å². The Morgan fingerprint density at radius 1 is 1.30 bits per heavy atom. The molecular formula is C16H22N4.